The van der Waals surface area contributed by atoms with Crippen LogP contribution in [0.25, 0.3) is 11.2 Å². The summed E-state index contributed by atoms with van der Waals surface area (Å²) in [5, 5.41) is 0. The molecule has 1 saturated carbocycles. The molecule has 5 rings (SSSR count). The van der Waals surface area contributed by atoms with Gasteiger partial charge in [0.15, 0.2) is 5.65 Å². The number of imidazole rings is 1. The van der Waals surface area contributed by atoms with Crippen LogP contribution in [0.4, 0.5) is 5.69 Å². The first kappa shape index (κ1) is 19.5. The van der Waals surface area contributed by atoms with Gasteiger partial charge in [-0.15, -0.1) is 0 Å². The molecule has 8 nitrogen and oxygen atoms in total. The Hall–Kier alpha value is -3.42. The van der Waals surface area contributed by atoms with Gasteiger partial charge in [-0.1, -0.05) is 18.9 Å². The van der Waals surface area contributed by atoms with E-state index in [9.17, 15) is 9.59 Å². The van der Waals surface area contributed by atoms with E-state index in [0.29, 0.717) is 30.4 Å². The monoisotopic (exact) mass is 419 g/mol. The lowest BCUT2D eigenvalue weighted by atomic mass is 10.2. The van der Waals surface area contributed by atoms with Crippen LogP contribution in [0.1, 0.15) is 42.1 Å². The van der Waals surface area contributed by atoms with Crippen molar-refractivity contribution in [1.82, 2.24) is 19.4 Å². The largest absolute Gasteiger partial charge is 0.497 e. The van der Waals surface area contributed by atoms with E-state index in [1.165, 1.54) is 12.8 Å². The van der Waals surface area contributed by atoms with Crippen LogP contribution in [-0.4, -0.2) is 58.0 Å². The molecule has 0 spiro atoms. The summed E-state index contributed by atoms with van der Waals surface area (Å²) in [4.78, 5) is 38.1. The molecule has 1 saturated heterocycles. The summed E-state index contributed by atoms with van der Waals surface area (Å²) in [6.07, 6.45) is 8.20. The molecule has 0 unspecified atom stereocenters. The minimum absolute atomic E-state index is 0.0323. The van der Waals surface area contributed by atoms with Gasteiger partial charge in [0.25, 0.3) is 5.91 Å². The molecule has 3 heterocycles. The number of methoxy groups -OCH3 is 1. The third-order valence-electron chi connectivity index (χ3n) is 6.25. The molecule has 0 atom stereocenters. The molecule has 2 aliphatic rings. The zero-order valence-electron chi connectivity index (χ0n) is 17.5. The number of benzene rings is 1. The van der Waals surface area contributed by atoms with Crippen molar-refractivity contribution in [1.29, 1.82) is 0 Å². The maximum atomic E-state index is 13.1. The Labute approximate surface area is 180 Å². The van der Waals surface area contributed by atoms with Gasteiger partial charge in [0, 0.05) is 37.1 Å². The van der Waals surface area contributed by atoms with Crippen molar-refractivity contribution in [2.24, 2.45) is 0 Å². The highest BCUT2D eigenvalue weighted by Crippen LogP contribution is 2.31. The van der Waals surface area contributed by atoms with Crippen LogP contribution in [0.2, 0.25) is 0 Å². The van der Waals surface area contributed by atoms with Crippen molar-refractivity contribution < 1.29 is 14.3 Å². The number of pyridine rings is 1. The molecule has 2 fully saturated rings. The Morgan fingerprint density at radius 1 is 1.13 bits per heavy atom. The van der Waals surface area contributed by atoms with Crippen molar-refractivity contribution in [3.05, 3.63) is 48.4 Å². The third-order valence-corrected chi connectivity index (χ3v) is 6.25. The number of fused-ring (bicyclic) bond motifs is 1. The molecule has 31 heavy (non-hydrogen) atoms. The number of aromatic nitrogens is 3. The molecule has 1 aromatic carbocycles. The summed E-state index contributed by atoms with van der Waals surface area (Å²) in [6, 6.07) is 9.62. The lowest BCUT2D eigenvalue weighted by molar-refractivity contribution is -0.120. The molecular weight excluding hydrogens is 394 g/mol. The highest BCUT2D eigenvalue weighted by Gasteiger charge is 2.29. The summed E-state index contributed by atoms with van der Waals surface area (Å²) in [5.74, 6) is 0.385. The molecule has 160 valence electrons. The second kappa shape index (κ2) is 8.02. The van der Waals surface area contributed by atoms with Gasteiger partial charge >= 0.3 is 0 Å². The van der Waals surface area contributed by atoms with Crippen LogP contribution in [0.15, 0.2) is 42.9 Å². The molecule has 1 aliphatic carbocycles. The van der Waals surface area contributed by atoms with E-state index in [0.717, 1.165) is 29.7 Å². The quantitative estimate of drug-likeness (QED) is 0.649. The van der Waals surface area contributed by atoms with Gasteiger partial charge in [-0.2, -0.15) is 0 Å². The van der Waals surface area contributed by atoms with E-state index in [1.807, 2.05) is 30.6 Å². The maximum Gasteiger partial charge on any atom is 0.256 e. The van der Waals surface area contributed by atoms with E-state index in [2.05, 4.69) is 14.5 Å². The number of nitrogens with zero attached hydrogens (tertiary/aromatic N) is 5. The summed E-state index contributed by atoms with van der Waals surface area (Å²) in [5.41, 5.74) is 2.78. The summed E-state index contributed by atoms with van der Waals surface area (Å²) >= 11 is 0. The molecular formula is C23H25N5O3. The normalized spacial score (nSPS) is 17.5. The minimum atomic E-state index is -0.191. The standard InChI is InChI=1S/C23H25N5O3/c1-31-19-8-4-7-18(12-19)27-10-9-26(14-21(27)29)23(30)16-11-20-22(24-13-16)28(15-25-20)17-5-2-3-6-17/h4,7-8,11-13,15,17H,2-3,5-6,9-10,14H2,1H3. The Balaban J connectivity index is 1.31. The van der Waals surface area contributed by atoms with Gasteiger partial charge in [0.05, 0.1) is 19.0 Å². The lowest BCUT2D eigenvalue weighted by Crippen LogP contribution is -2.52. The number of carbonyl (C=O) groups excluding carboxylic acids is 2. The van der Waals surface area contributed by atoms with E-state index >= 15 is 0 Å². The van der Waals surface area contributed by atoms with E-state index in [4.69, 9.17) is 4.74 Å². The van der Waals surface area contributed by atoms with Gasteiger partial charge < -0.3 is 19.1 Å². The predicted molar refractivity (Wildman–Crippen MR) is 116 cm³/mol. The van der Waals surface area contributed by atoms with Crippen molar-refractivity contribution in [2.75, 3.05) is 31.6 Å². The molecule has 3 aromatic rings. The van der Waals surface area contributed by atoms with Gasteiger partial charge in [0.1, 0.15) is 17.8 Å². The average molecular weight is 419 g/mol. The predicted octanol–water partition coefficient (Wildman–Crippen LogP) is 3.04. The van der Waals surface area contributed by atoms with Crippen molar-refractivity contribution in [2.45, 2.75) is 31.7 Å². The smallest absolute Gasteiger partial charge is 0.256 e. The first-order valence-corrected chi connectivity index (χ1v) is 10.7. The number of carbonyl (C=O) groups is 2. The second-order valence-corrected chi connectivity index (χ2v) is 8.13. The second-order valence-electron chi connectivity index (χ2n) is 8.13. The van der Waals surface area contributed by atoms with Crippen LogP contribution in [0.3, 0.4) is 0 Å². The fraction of sp³-hybridized carbons (Fsp3) is 0.391. The Bertz CT molecular complexity index is 1140. The average Bonchev–Trinajstić information content (AvgIpc) is 3.47. The number of hydrogen-bond acceptors (Lipinski definition) is 5. The van der Waals surface area contributed by atoms with Crippen LogP contribution in [0.5, 0.6) is 5.75 Å². The number of ether oxygens (including phenoxy) is 1. The molecule has 2 amide bonds. The topological polar surface area (TPSA) is 80.6 Å². The number of piperazine rings is 1. The fourth-order valence-corrected chi connectivity index (χ4v) is 4.57. The lowest BCUT2D eigenvalue weighted by Gasteiger charge is -2.34. The minimum Gasteiger partial charge on any atom is -0.497 e. The highest BCUT2D eigenvalue weighted by molar-refractivity contribution is 6.02. The van der Waals surface area contributed by atoms with Gasteiger partial charge in [-0.25, -0.2) is 9.97 Å². The van der Waals surface area contributed by atoms with Gasteiger partial charge in [-0.05, 0) is 31.0 Å². The number of rotatable bonds is 4. The maximum absolute atomic E-state index is 13.1. The summed E-state index contributed by atoms with van der Waals surface area (Å²) in [7, 11) is 1.60. The molecule has 0 radical (unpaired) electrons. The van der Waals surface area contributed by atoms with Gasteiger partial charge in [-0.3, -0.25) is 9.59 Å². The molecule has 0 N–H and O–H groups in total. The van der Waals surface area contributed by atoms with Crippen LogP contribution in [0, 0.1) is 0 Å². The van der Waals surface area contributed by atoms with E-state index in [-0.39, 0.29) is 18.4 Å². The Morgan fingerprint density at radius 3 is 2.74 bits per heavy atom. The molecule has 2 aromatic heterocycles. The first-order chi connectivity index (χ1) is 15.1. The highest BCUT2D eigenvalue weighted by atomic mass is 16.5. The SMILES string of the molecule is COc1cccc(N2CCN(C(=O)c3cnc4c(c3)ncn4C3CCCC3)CC2=O)c1. The van der Waals surface area contributed by atoms with Crippen molar-refractivity contribution in [3.8, 4) is 5.75 Å². The Morgan fingerprint density at radius 2 is 1.97 bits per heavy atom. The van der Waals surface area contributed by atoms with E-state index < -0.39 is 0 Å². The zero-order valence-corrected chi connectivity index (χ0v) is 17.5. The number of anilines is 1. The fourth-order valence-electron chi connectivity index (χ4n) is 4.57. The third kappa shape index (κ3) is 3.62. The summed E-state index contributed by atoms with van der Waals surface area (Å²) in [6.45, 7) is 0.921. The zero-order chi connectivity index (χ0) is 21.4. The van der Waals surface area contributed by atoms with Crippen molar-refractivity contribution >= 4 is 28.7 Å². The van der Waals surface area contributed by atoms with Gasteiger partial charge in [0.2, 0.25) is 5.91 Å². The molecule has 8 heteroatoms. The van der Waals surface area contributed by atoms with Crippen LogP contribution in [-0.2, 0) is 4.79 Å². The number of hydrogen-bond donors (Lipinski definition) is 0. The van der Waals surface area contributed by atoms with Crippen LogP contribution >= 0.6 is 0 Å². The number of amides is 2. The Kier molecular flexibility index (Phi) is 5.05. The van der Waals surface area contributed by atoms with E-state index in [1.54, 1.807) is 29.2 Å². The van der Waals surface area contributed by atoms with Crippen molar-refractivity contribution in [3.63, 3.8) is 0 Å². The molecule has 0 bridgehead atoms. The van der Waals surface area contributed by atoms with Crippen LogP contribution < -0.4 is 9.64 Å². The summed E-state index contributed by atoms with van der Waals surface area (Å²) < 4.78 is 7.38. The molecule has 1 aliphatic heterocycles. The first-order valence-electron chi connectivity index (χ1n) is 10.7.